The van der Waals surface area contributed by atoms with Crippen LogP contribution in [0.2, 0.25) is 0 Å². The number of nitrogens with zero attached hydrogens (tertiary/aromatic N) is 3. The van der Waals surface area contributed by atoms with E-state index >= 15 is 0 Å². The summed E-state index contributed by atoms with van der Waals surface area (Å²) in [5, 5.41) is 20.9. The fourth-order valence-corrected chi connectivity index (χ4v) is 2.87. The summed E-state index contributed by atoms with van der Waals surface area (Å²) < 4.78 is 7.09. The number of fused-ring (bicyclic) bond motifs is 1. The molecule has 3 aromatic rings. The van der Waals surface area contributed by atoms with Gasteiger partial charge in [0.2, 0.25) is 0 Å². The van der Waals surface area contributed by atoms with Crippen molar-refractivity contribution in [3.8, 4) is 17.5 Å². The Hall–Kier alpha value is -3.70. The molecule has 0 atom stereocenters. The first-order chi connectivity index (χ1) is 13.5. The first kappa shape index (κ1) is 19.1. The minimum absolute atomic E-state index is 0.0116. The SMILES string of the molecule is N#Cc1cc2ccc(OCCCCN)cc2n(-c2ccc([N+](=O)[O-])cc2)c1=O. The number of ether oxygens (including phenoxy) is 1. The summed E-state index contributed by atoms with van der Waals surface area (Å²) in [5.74, 6) is 0.587. The van der Waals surface area contributed by atoms with E-state index in [0.29, 0.717) is 35.5 Å². The molecule has 0 aliphatic carbocycles. The Balaban J connectivity index is 2.12. The molecule has 0 saturated heterocycles. The first-order valence-electron chi connectivity index (χ1n) is 8.73. The van der Waals surface area contributed by atoms with Crippen molar-refractivity contribution in [1.29, 1.82) is 5.26 Å². The zero-order chi connectivity index (χ0) is 20.1. The zero-order valence-corrected chi connectivity index (χ0v) is 15.0. The van der Waals surface area contributed by atoms with Crippen molar-refractivity contribution in [2.75, 3.05) is 13.2 Å². The average molecular weight is 378 g/mol. The van der Waals surface area contributed by atoms with Gasteiger partial charge < -0.3 is 10.5 Å². The average Bonchev–Trinajstić information content (AvgIpc) is 2.71. The van der Waals surface area contributed by atoms with Crippen molar-refractivity contribution in [3.05, 3.63) is 74.6 Å². The van der Waals surface area contributed by atoms with Crippen LogP contribution in [0.25, 0.3) is 16.6 Å². The van der Waals surface area contributed by atoms with Gasteiger partial charge in [-0.25, -0.2) is 0 Å². The van der Waals surface area contributed by atoms with Crippen LogP contribution >= 0.6 is 0 Å². The molecule has 2 aromatic carbocycles. The summed E-state index contributed by atoms with van der Waals surface area (Å²) in [4.78, 5) is 23.2. The molecular weight excluding hydrogens is 360 g/mol. The predicted octanol–water partition coefficient (Wildman–Crippen LogP) is 2.89. The van der Waals surface area contributed by atoms with Crippen molar-refractivity contribution in [3.63, 3.8) is 0 Å². The van der Waals surface area contributed by atoms with E-state index in [1.54, 1.807) is 18.2 Å². The number of unbranched alkanes of at least 4 members (excludes halogenated alkanes) is 1. The Labute approximate surface area is 160 Å². The number of pyridine rings is 1. The number of nitro groups is 1. The van der Waals surface area contributed by atoms with E-state index in [1.165, 1.54) is 34.9 Å². The van der Waals surface area contributed by atoms with Gasteiger partial charge in [-0.2, -0.15) is 5.26 Å². The Kier molecular flexibility index (Phi) is 5.67. The van der Waals surface area contributed by atoms with Crippen molar-refractivity contribution in [2.45, 2.75) is 12.8 Å². The summed E-state index contributed by atoms with van der Waals surface area (Å²) in [7, 11) is 0. The lowest BCUT2D eigenvalue weighted by Gasteiger charge is -2.13. The highest BCUT2D eigenvalue weighted by Gasteiger charge is 2.13. The van der Waals surface area contributed by atoms with Crippen LogP contribution in [0.1, 0.15) is 18.4 Å². The molecule has 8 heteroatoms. The van der Waals surface area contributed by atoms with Crippen molar-refractivity contribution in [2.24, 2.45) is 5.73 Å². The predicted molar refractivity (Wildman–Crippen MR) is 105 cm³/mol. The van der Waals surface area contributed by atoms with E-state index in [1.807, 2.05) is 6.07 Å². The third-order valence-electron chi connectivity index (χ3n) is 4.28. The molecule has 0 unspecified atom stereocenters. The second-order valence-electron chi connectivity index (χ2n) is 6.15. The smallest absolute Gasteiger partial charge is 0.273 e. The highest BCUT2D eigenvalue weighted by molar-refractivity contribution is 5.83. The molecule has 3 rings (SSSR count). The van der Waals surface area contributed by atoms with Gasteiger partial charge in [0.15, 0.2) is 0 Å². The summed E-state index contributed by atoms with van der Waals surface area (Å²) in [6, 6.07) is 14.3. The largest absolute Gasteiger partial charge is 0.494 e. The van der Waals surface area contributed by atoms with Gasteiger partial charge in [0, 0.05) is 29.3 Å². The molecule has 142 valence electrons. The summed E-state index contributed by atoms with van der Waals surface area (Å²) >= 11 is 0. The van der Waals surface area contributed by atoms with Gasteiger partial charge in [-0.05, 0) is 49.7 Å². The van der Waals surface area contributed by atoms with Gasteiger partial charge >= 0.3 is 0 Å². The maximum atomic E-state index is 12.8. The van der Waals surface area contributed by atoms with Crippen LogP contribution in [-0.2, 0) is 0 Å². The molecule has 0 radical (unpaired) electrons. The van der Waals surface area contributed by atoms with E-state index in [9.17, 15) is 20.2 Å². The fraction of sp³-hybridized carbons (Fsp3) is 0.200. The van der Waals surface area contributed by atoms with E-state index in [-0.39, 0.29) is 11.3 Å². The molecule has 0 amide bonds. The number of hydrogen-bond acceptors (Lipinski definition) is 6. The summed E-state index contributed by atoms with van der Waals surface area (Å²) in [6.45, 7) is 1.10. The number of aromatic nitrogens is 1. The maximum Gasteiger partial charge on any atom is 0.273 e. The van der Waals surface area contributed by atoms with Crippen LogP contribution < -0.4 is 16.0 Å². The summed E-state index contributed by atoms with van der Waals surface area (Å²) in [5.41, 5.74) is 5.87. The van der Waals surface area contributed by atoms with Crippen molar-refractivity contribution in [1.82, 2.24) is 4.57 Å². The molecule has 0 bridgehead atoms. The van der Waals surface area contributed by atoms with Crippen LogP contribution in [0.15, 0.2) is 53.3 Å². The number of benzene rings is 2. The number of nitriles is 1. The normalized spacial score (nSPS) is 10.6. The van der Waals surface area contributed by atoms with Gasteiger partial charge in [0.25, 0.3) is 11.2 Å². The second-order valence-corrected chi connectivity index (χ2v) is 6.15. The molecular formula is C20H18N4O4. The van der Waals surface area contributed by atoms with E-state index in [4.69, 9.17) is 10.5 Å². The monoisotopic (exact) mass is 378 g/mol. The number of non-ortho nitro benzene ring substituents is 1. The highest BCUT2D eigenvalue weighted by Crippen LogP contribution is 2.24. The Morgan fingerprint density at radius 2 is 1.89 bits per heavy atom. The molecule has 0 saturated carbocycles. The van der Waals surface area contributed by atoms with Crippen LogP contribution in [0, 0.1) is 21.4 Å². The lowest BCUT2D eigenvalue weighted by molar-refractivity contribution is -0.384. The lowest BCUT2D eigenvalue weighted by Crippen LogP contribution is -2.21. The van der Waals surface area contributed by atoms with Gasteiger partial charge in [0.05, 0.1) is 17.0 Å². The molecule has 1 aromatic heterocycles. The van der Waals surface area contributed by atoms with Crippen LogP contribution in [-0.4, -0.2) is 22.6 Å². The molecule has 28 heavy (non-hydrogen) atoms. The molecule has 2 N–H and O–H groups in total. The number of nitrogens with two attached hydrogens (primary N) is 1. The molecule has 0 aliphatic rings. The van der Waals surface area contributed by atoms with Crippen LogP contribution in [0.3, 0.4) is 0 Å². The molecule has 8 nitrogen and oxygen atoms in total. The quantitative estimate of drug-likeness (QED) is 0.383. The number of hydrogen-bond donors (Lipinski definition) is 1. The zero-order valence-electron chi connectivity index (χ0n) is 15.0. The van der Waals surface area contributed by atoms with Gasteiger partial charge in [-0.1, -0.05) is 0 Å². The minimum Gasteiger partial charge on any atom is -0.494 e. The number of rotatable bonds is 7. The van der Waals surface area contributed by atoms with Crippen LogP contribution in [0.4, 0.5) is 5.69 Å². The molecule has 0 fully saturated rings. The van der Waals surface area contributed by atoms with Crippen molar-refractivity contribution < 1.29 is 9.66 Å². The minimum atomic E-state index is -0.510. The molecule has 1 heterocycles. The molecule has 0 spiro atoms. The standard InChI is InChI=1S/C20H18N4O4/c21-9-1-2-10-28-18-8-3-14-11-15(13-22)20(25)23(19(14)12-18)16-4-6-17(7-5-16)24(26)27/h3-8,11-12H,1-2,9-10,21H2. The highest BCUT2D eigenvalue weighted by atomic mass is 16.6. The van der Waals surface area contributed by atoms with Crippen molar-refractivity contribution >= 4 is 16.6 Å². The number of nitro benzene ring substituents is 1. The Morgan fingerprint density at radius 1 is 1.14 bits per heavy atom. The molecule has 0 aliphatic heterocycles. The maximum absolute atomic E-state index is 12.8. The summed E-state index contributed by atoms with van der Waals surface area (Å²) in [6.07, 6.45) is 1.67. The second kappa shape index (κ2) is 8.33. The third-order valence-corrected chi connectivity index (χ3v) is 4.28. The lowest BCUT2D eigenvalue weighted by atomic mass is 10.1. The Bertz CT molecular complexity index is 1110. The first-order valence-corrected chi connectivity index (χ1v) is 8.73. The van der Waals surface area contributed by atoms with Crippen LogP contribution in [0.5, 0.6) is 5.75 Å². The van der Waals surface area contributed by atoms with Gasteiger partial charge in [-0.15, -0.1) is 0 Å². The van der Waals surface area contributed by atoms with Gasteiger partial charge in [-0.3, -0.25) is 19.5 Å². The van der Waals surface area contributed by atoms with E-state index in [2.05, 4.69) is 0 Å². The van der Waals surface area contributed by atoms with Gasteiger partial charge in [0.1, 0.15) is 17.4 Å². The third kappa shape index (κ3) is 3.84. The topological polar surface area (TPSA) is 124 Å². The van der Waals surface area contributed by atoms with E-state index < -0.39 is 10.5 Å². The Morgan fingerprint density at radius 3 is 2.54 bits per heavy atom. The van der Waals surface area contributed by atoms with E-state index in [0.717, 1.165) is 12.8 Å². The fourth-order valence-electron chi connectivity index (χ4n) is 2.87.